The van der Waals surface area contributed by atoms with E-state index < -0.39 is 19.7 Å². The Hall–Kier alpha value is -1.19. The molecule has 1 rings (SSSR count). The number of nitrogens with one attached hydrogen (secondary N) is 1. The van der Waals surface area contributed by atoms with Gasteiger partial charge in [-0.1, -0.05) is 0 Å². The lowest BCUT2D eigenvalue weighted by molar-refractivity contribution is 0.600. The van der Waals surface area contributed by atoms with Gasteiger partial charge in [-0.2, -0.15) is 0 Å². The van der Waals surface area contributed by atoms with Crippen LogP contribution in [0.1, 0.15) is 0 Å². The summed E-state index contributed by atoms with van der Waals surface area (Å²) in [5.41, 5.74) is 5.48. The second-order valence-electron chi connectivity index (χ2n) is 3.73. The summed E-state index contributed by atoms with van der Waals surface area (Å²) in [6.45, 7) is 0. The molecule has 1 aromatic carbocycles. The van der Waals surface area contributed by atoms with Crippen LogP contribution in [0.2, 0.25) is 0 Å². The molecule has 0 atom stereocenters. The van der Waals surface area contributed by atoms with Gasteiger partial charge in [-0.3, -0.25) is 0 Å². The highest BCUT2D eigenvalue weighted by Gasteiger charge is 2.15. The van der Waals surface area contributed by atoms with E-state index in [1.54, 1.807) is 0 Å². The fourth-order valence-electron chi connectivity index (χ4n) is 1.21. The molecule has 0 bridgehead atoms. The van der Waals surface area contributed by atoms with E-state index in [-0.39, 0.29) is 20.6 Å². The first-order valence-electron chi connectivity index (χ1n) is 4.62. The molecule has 6 nitrogen and oxygen atoms in total. The first-order valence-corrected chi connectivity index (χ1v) is 8.81. The molecule has 0 aliphatic rings. The van der Waals surface area contributed by atoms with Gasteiger partial charge >= 0.3 is 0 Å². The molecule has 0 heterocycles. The van der Waals surface area contributed by atoms with E-state index in [4.69, 9.17) is 5.73 Å². The van der Waals surface area contributed by atoms with Crippen molar-refractivity contribution in [3.63, 3.8) is 0 Å². The van der Waals surface area contributed by atoms with E-state index in [2.05, 4.69) is 17.5 Å². The number of benzene rings is 1. The lowest BCUT2D eigenvalue weighted by Crippen LogP contribution is -2.19. The average Bonchev–Trinajstić information content (AvgIpc) is 2.13. The fraction of sp³-hybridized carbons (Fsp3) is 0.222. The maximum atomic E-state index is 11.5. The molecular weight excluding hydrogens is 296 g/mol. The molecule has 9 heteroatoms. The van der Waals surface area contributed by atoms with Gasteiger partial charge < -0.3 is 11.1 Å². The predicted molar refractivity (Wildman–Crippen MR) is 73.1 cm³/mol. The molecule has 0 spiro atoms. The summed E-state index contributed by atoms with van der Waals surface area (Å²) in [6, 6.07) is 3.63. The van der Waals surface area contributed by atoms with Crippen LogP contribution in [0.4, 0.5) is 5.69 Å². The van der Waals surface area contributed by atoms with Crippen LogP contribution in [0.3, 0.4) is 0 Å². The van der Waals surface area contributed by atoms with E-state index in [0.717, 1.165) is 18.6 Å². The molecule has 0 radical (unpaired) electrons. The molecule has 1 aromatic rings. The summed E-state index contributed by atoms with van der Waals surface area (Å²) in [4.78, 5) is -0.242. The van der Waals surface area contributed by atoms with Crippen molar-refractivity contribution in [2.75, 3.05) is 17.8 Å². The Kier molecular flexibility index (Phi) is 3.99. The second-order valence-corrected chi connectivity index (χ2v) is 8.20. The van der Waals surface area contributed by atoms with Crippen molar-refractivity contribution in [3.8, 4) is 0 Å². The number of anilines is 1. The number of hydrogen-bond acceptors (Lipinski definition) is 5. The topological polar surface area (TPSA) is 106 Å². The molecule has 0 unspecified atom stereocenters. The van der Waals surface area contributed by atoms with Crippen molar-refractivity contribution < 1.29 is 16.8 Å². The van der Waals surface area contributed by atoms with Crippen LogP contribution >= 0.6 is 12.2 Å². The molecule has 0 fully saturated rings. The number of rotatable bonds is 3. The van der Waals surface area contributed by atoms with Gasteiger partial charge in [-0.05, 0) is 30.4 Å². The molecule has 0 saturated carbocycles. The minimum atomic E-state index is -3.53. The Bertz CT molecular complexity index is 642. The fourth-order valence-corrected chi connectivity index (χ4v) is 2.77. The Morgan fingerprint density at radius 2 is 1.44 bits per heavy atom. The highest BCUT2D eigenvalue weighted by atomic mass is 32.2. The number of hydrogen-bond donors (Lipinski definition) is 2. The largest absolute Gasteiger partial charge is 0.376 e. The number of sulfone groups is 2. The van der Waals surface area contributed by atoms with Gasteiger partial charge in [0.25, 0.3) is 0 Å². The third kappa shape index (κ3) is 3.93. The van der Waals surface area contributed by atoms with Crippen LogP contribution in [0.25, 0.3) is 0 Å². The minimum Gasteiger partial charge on any atom is -0.376 e. The molecule has 0 aromatic heterocycles. The Balaban J connectivity index is 3.53. The van der Waals surface area contributed by atoms with Crippen LogP contribution < -0.4 is 11.1 Å². The number of thiocarbonyl (C=S) groups is 1. The Morgan fingerprint density at radius 3 is 1.72 bits per heavy atom. The minimum absolute atomic E-state index is 0.0832. The highest BCUT2D eigenvalue weighted by Crippen LogP contribution is 2.22. The highest BCUT2D eigenvalue weighted by molar-refractivity contribution is 7.91. The summed E-state index contributed by atoms with van der Waals surface area (Å²) < 4.78 is 45.9. The van der Waals surface area contributed by atoms with Gasteiger partial charge in [0.05, 0.1) is 9.79 Å². The smallest absolute Gasteiger partial charge is 0.175 e. The number of nitrogens with two attached hydrogens (primary N) is 1. The molecule has 0 aliphatic heterocycles. The van der Waals surface area contributed by atoms with Crippen molar-refractivity contribution in [1.82, 2.24) is 0 Å². The quantitative estimate of drug-likeness (QED) is 0.765. The predicted octanol–water partition coefficient (Wildman–Crippen LogP) is 0.149. The zero-order valence-electron chi connectivity index (χ0n) is 9.67. The van der Waals surface area contributed by atoms with Gasteiger partial charge in [0.15, 0.2) is 24.8 Å². The van der Waals surface area contributed by atoms with Gasteiger partial charge in [0, 0.05) is 18.2 Å². The molecule has 0 saturated heterocycles. The van der Waals surface area contributed by atoms with Crippen LogP contribution in [-0.4, -0.2) is 34.5 Å². The van der Waals surface area contributed by atoms with E-state index in [0.29, 0.717) is 0 Å². The summed E-state index contributed by atoms with van der Waals surface area (Å²) >= 11 is 4.62. The molecular formula is C9H12N2O4S3. The van der Waals surface area contributed by atoms with E-state index >= 15 is 0 Å². The first kappa shape index (κ1) is 14.9. The third-order valence-corrected chi connectivity index (χ3v) is 4.29. The average molecular weight is 308 g/mol. The van der Waals surface area contributed by atoms with Crippen LogP contribution in [-0.2, 0) is 19.7 Å². The van der Waals surface area contributed by atoms with Gasteiger partial charge in [-0.25, -0.2) is 16.8 Å². The SMILES string of the molecule is CS(=O)(=O)c1cc(NC(N)=S)cc(S(C)(=O)=O)c1. The standard InChI is InChI=1S/C9H12N2O4S3/c1-17(12,13)7-3-6(11-9(10)16)4-8(5-7)18(2,14)15/h3-5H,1-2H3,(H3,10,11,16). The van der Waals surface area contributed by atoms with Gasteiger partial charge in [0.2, 0.25) is 0 Å². The maximum Gasteiger partial charge on any atom is 0.175 e. The van der Waals surface area contributed by atoms with Crippen LogP contribution in [0.15, 0.2) is 28.0 Å². The van der Waals surface area contributed by atoms with Crippen molar-refractivity contribution in [2.24, 2.45) is 5.73 Å². The molecule has 0 amide bonds. The zero-order chi connectivity index (χ0) is 14.1. The third-order valence-electron chi connectivity index (χ3n) is 2.00. The van der Waals surface area contributed by atoms with Crippen molar-refractivity contribution in [3.05, 3.63) is 18.2 Å². The molecule has 3 N–H and O–H groups in total. The van der Waals surface area contributed by atoms with Crippen LogP contribution in [0.5, 0.6) is 0 Å². The maximum absolute atomic E-state index is 11.5. The molecule has 100 valence electrons. The lowest BCUT2D eigenvalue weighted by atomic mass is 10.3. The summed E-state index contributed by atoms with van der Waals surface area (Å²) in [5, 5.41) is 2.43. The Labute approximate surface area is 111 Å². The van der Waals surface area contributed by atoms with Crippen molar-refractivity contribution in [2.45, 2.75) is 9.79 Å². The van der Waals surface area contributed by atoms with E-state index in [1.807, 2.05) is 0 Å². The molecule has 18 heavy (non-hydrogen) atoms. The molecule has 0 aliphatic carbocycles. The summed E-state index contributed by atoms with van der Waals surface area (Å²) in [7, 11) is -7.06. The lowest BCUT2D eigenvalue weighted by Gasteiger charge is -2.09. The Morgan fingerprint density at radius 1 is 1.06 bits per heavy atom. The summed E-state index contributed by atoms with van der Waals surface area (Å²) in [6.07, 6.45) is 1.97. The normalized spacial score (nSPS) is 12.1. The first-order chi connectivity index (χ1) is 8.00. The van der Waals surface area contributed by atoms with E-state index in [9.17, 15) is 16.8 Å². The second kappa shape index (κ2) is 4.82. The van der Waals surface area contributed by atoms with Crippen LogP contribution in [0, 0.1) is 0 Å². The van der Waals surface area contributed by atoms with Crippen molar-refractivity contribution in [1.29, 1.82) is 0 Å². The summed E-state index contributed by atoms with van der Waals surface area (Å²) in [5.74, 6) is 0. The van der Waals surface area contributed by atoms with E-state index in [1.165, 1.54) is 12.1 Å². The van der Waals surface area contributed by atoms with Gasteiger partial charge in [-0.15, -0.1) is 0 Å². The zero-order valence-corrected chi connectivity index (χ0v) is 12.1. The van der Waals surface area contributed by atoms with Crippen molar-refractivity contribution >= 4 is 42.7 Å². The van der Waals surface area contributed by atoms with Gasteiger partial charge in [0.1, 0.15) is 0 Å². The monoisotopic (exact) mass is 308 g/mol.